The van der Waals surface area contributed by atoms with E-state index in [1.807, 2.05) is 30.9 Å². The topological polar surface area (TPSA) is 31.7 Å². The molecule has 0 atom stereocenters. The number of nitrogens with one attached hydrogen (secondary N) is 2. The fourth-order valence-electron chi connectivity index (χ4n) is 1.51. The van der Waals surface area contributed by atoms with Crippen molar-refractivity contribution < 1.29 is 4.68 Å². The van der Waals surface area contributed by atoms with Crippen LogP contribution in [0.15, 0.2) is 24.3 Å². The number of hydrogen-bond acceptors (Lipinski definition) is 1. The molecule has 0 radical (unpaired) electrons. The van der Waals surface area contributed by atoms with E-state index < -0.39 is 0 Å². The number of H-pyrrole nitrogens is 1. The maximum Gasteiger partial charge on any atom is 0.302 e. The molecule has 0 saturated carbocycles. The predicted octanol–water partition coefficient (Wildman–Crippen LogP) is 1.03. The van der Waals surface area contributed by atoms with Crippen molar-refractivity contribution >= 4 is 16.7 Å². The molecule has 62 valence electrons. The number of anilines is 1. The van der Waals surface area contributed by atoms with E-state index in [9.17, 15) is 0 Å². The molecule has 2 rings (SSSR count). The third-order valence-electron chi connectivity index (χ3n) is 2.04. The molecular formula is C9H12N3+. The van der Waals surface area contributed by atoms with E-state index >= 15 is 0 Å². The van der Waals surface area contributed by atoms with E-state index in [0.717, 1.165) is 11.3 Å². The van der Waals surface area contributed by atoms with Crippen LogP contribution in [0.3, 0.4) is 0 Å². The molecule has 1 aromatic carbocycles. The average molecular weight is 162 g/mol. The monoisotopic (exact) mass is 162 g/mol. The highest BCUT2D eigenvalue weighted by molar-refractivity contribution is 5.87. The zero-order chi connectivity index (χ0) is 8.55. The van der Waals surface area contributed by atoms with Crippen LogP contribution in [0.1, 0.15) is 0 Å². The van der Waals surface area contributed by atoms with Crippen molar-refractivity contribution in [1.29, 1.82) is 0 Å². The van der Waals surface area contributed by atoms with Gasteiger partial charge in [-0.1, -0.05) is 12.1 Å². The molecule has 3 heteroatoms. The lowest BCUT2D eigenvalue weighted by Crippen LogP contribution is -2.32. The number of fused-ring (bicyclic) bond motifs is 1. The van der Waals surface area contributed by atoms with Crippen LogP contribution in [0.25, 0.3) is 10.9 Å². The fraction of sp³-hybridized carbons (Fsp3) is 0.222. The zero-order valence-electron chi connectivity index (χ0n) is 7.26. The van der Waals surface area contributed by atoms with Crippen LogP contribution in [-0.2, 0) is 7.05 Å². The minimum absolute atomic E-state index is 1.12. The van der Waals surface area contributed by atoms with E-state index in [4.69, 9.17) is 0 Å². The van der Waals surface area contributed by atoms with E-state index in [1.54, 1.807) is 0 Å². The number of rotatable bonds is 1. The van der Waals surface area contributed by atoms with Gasteiger partial charge in [0.1, 0.15) is 7.05 Å². The highest BCUT2D eigenvalue weighted by Crippen LogP contribution is 2.16. The molecule has 2 aromatic rings. The lowest BCUT2D eigenvalue weighted by Gasteiger charge is -1.89. The van der Waals surface area contributed by atoms with Crippen molar-refractivity contribution in [3.8, 4) is 0 Å². The molecule has 0 aliphatic carbocycles. The molecule has 1 heterocycles. The van der Waals surface area contributed by atoms with Crippen LogP contribution in [0.4, 0.5) is 5.82 Å². The first kappa shape index (κ1) is 7.16. The quantitative estimate of drug-likeness (QED) is 0.603. The van der Waals surface area contributed by atoms with E-state index in [0.29, 0.717) is 0 Å². The molecular weight excluding hydrogens is 150 g/mol. The summed E-state index contributed by atoms with van der Waals surface area (Å²) in [7, 11) is 3.92. The van der Waals surface area contributed by atoms with Gasteiger partial charge in [-0.05, 0) is 12.1 Å². The Morgan fingerprint density at radius 1 is 1.33 bits per heavy atom. The molecule has 0 bridgehead atoms. The van der Waals surface area contributed by atoms with Gasteiger partial charge in [0.25, 0.3) is 0 Å². The number of aryl methyl sites for hydroxylation is 1. The largest absolute Gasteiger partial charge is 0.302 e. The van der Waals surface area contributed by atoms with Gasteiger partial charge in [-0.3, -0.25) is 5.32 Å². The van der Waals surface area contributed by atoms with Gasteiger partial charge in [0.2, 0.25) is 0 Å². The smallest absolute Gasteiger partial charge is 0.275 e. The van der Waals surface area contributed by atoms with Crippen LogP contribution in [0.2, 0.25) is 0 Å². The normalized spacial score (nSPS) is 10.5. The summed E-state index contributed by atoms with van der Waals surface area (Å²) < 4.78 is 1.98. The van der Waals surface area contributed by atoms with Crippen molar-refractivity contribution in [2.45, 2.75) is 0 Å². The van der Waals surface area contributed by atoms with Crippen LogP contribution >= 0.6 is 0 Å². The summed E-state index contributed by atoms with van der Waals surface area (Å²) in [6.45, 7) is 0. The van der Waals surface area contributed by atoms with E-state index in [1.165, 1.54) is 5.39 Å². The highest BCUT2D eigenvalue weighted by atomic mass is 15.3. The summed E-state index contributed by atoms with van der Waals surface area (Å²) in [5.41, 5.74) is 1.16. The Labute approximate surface area is 71.0 Å². The molecule has 0 unspecified atom stereocenters. The summed E-state index contributed by atoms with van der Waals surface area (Å²) >= 11 is 0. The van der Waals surface area contributed by atoms with E-state index in [-0.39, 0.29) is 0 Å². The third kappa shape index (κ3) is 0.863. The van der Waals surface area contributed by atoms with Crippen LogP contribution in [-0.4, -0.2) is 12.1 Å². The lowest BCUT2D eigenvalue weighted by atomic mass is 10.2. The van der Waals surface area contributed by atoms with Crippen molar-refractivity contribution in [2.75, 3.05) is 12.4 Å². The maximum atomic E-state index is 3.23. The second-order valence-electron chi connectivity index (χ2n) is 2.82. The summed E-state index contributed by atoms with van der Waals surface area (Å²) in [5.74, 6) is 1.12. The molecule has 0 amide bonds. The molecule has 0 aliphatic rings. The van der Waals surface area contributed by atoms with Crippen LogP contribution in [0.5, 0.6) is 0 Å². The summed E-state index contributed by atoms with van der Waals surface area (Å²) in [6.07, 6.45) is 0. The third-order valence-corrected chi connectivity index (χ3v) is 2.04. The molecule has 12 heavy (non-hydrogen) atoms. The van der Waals surface area contributed by atoms with Gasteiger partial charge in [0.05, 0.1) is 18.0 Å². The molecule has 0 spiro atoms. The van der Waals surface area contributed by atoms with Gasteiger partial charge in [-0.2, -0.15) is 4.68 Å². The summed E-state index contributed by atoms with van der Waals surface area (Å²) in [4.78, 5) is 0. The molecule has 3 nitrogen and oxygen atoms in total. The summed E-state index contributed by atoms with van der Waals surface area (Å²) in [6, 6.07) is 8.23. The van der Waals surface area contributed by atoms with Gasteiger partial charge in [-0.15, -0.1) is 0 Å². The van der Waals surface area contributed by atoms with Crippen LogP contribution in [0, 0.1) is 0 Å². The Morgan fingerprint density at radius 2 is 2.08 bits per heavy atom. The fourth-order valence-corrected chi connectivity index (χ4v) is 1.51. The van der Waals surface area contributed by atoms with Crippen molar-refractivity contribution in [3.63, 3.8) is 0 Å². The zero-order valence-corrected chi connectivity index (χ0v) is 7.26. The first-order chi connectivity index (χ1) is 5.83. The van der Waals surface area contributed by atoms with Gasteiger partial charge in [-0.25, -0.2) is 5.10 Å². The number of benzene rings is 1. The van der Waals surface area contributed by atoms with Crippen molar-refractivity contribution in [3.05, 3.63) is 24.3 Å². The second kappa shape index (κ2) is 2.52. The number of aromatic nitrogens is 2. The minimum atomic E-state index is 1.12. The van der Waals surface area contributed by atoms with Gasteiger partial charge >= 0.3 is 5.82 Å². The number of hydrogen-bond donors (Lipinski definition) is 2. The first-order valence-corrected chi connectivity index (χ1v) is 3.97. The molecule has 0 fully saturated rings. The summed E-state index contributed by atoms with van der Waals surface area (Å²) in [5, 5.41) is 7.61. The Hall–Kier alpha value is -1.51. The second-order valence-corrected chi connectivity index (χ2v) is 2.82. The number of nitrogens with zero attached hydrogens (tertiary/aromatic N) is 1. The standard InChI is InChI=1S/C9H11N3/c1-10-9-7-5-3-4-6-8(7)11-12(9)2/h3-6H,1-2H3,(H,10,11)/p+1. The Balaban J connectivity index is 2.81. The minimum Gasteiger partial charge on any atom is -0.275 e. The lowest BCUT2D eigenvalue weighted by molar-refractivity contribution is -0.711. The Kier molecular flexibility index (Phi) is 1.50. The van der Waals surface area contributed by atoms with Gasteiger partial charge in [0, 0.05) is 0 Å². The Bertz CT molecular complexity index is 403. The van der Waals surface area contributed by atoms with Crippen molar-refractivity contribution in [2.24, 2.45) is 7.05 Å². The molecule has 2 N–H and O–H groups in total. The molecule has 1 aromatic heterocycles. The number of aromatic amines is 1. The van der Waals surface area contributed by atoms with E-state index in [2.05, 4.69) is 22.5 Å². The van der Waals surface area contributed by atoms with Gasteiger partial charge < -0.3 is 0 Å². The molecule has 0 saturated heterocycles. The SMILES string of the molecule is CNc1c2ccccc2[nH][n+]1C. The maximum absolute atomic E-state index is 3.23. The van der Waals surface area contributed by atoms with Gasteiger partial charge in [0.15, 0.2) is 0 Å². The Morgan fingerprint density at radius 3 is 2.83 bits per heavy atom. The first-order valence-electron chi connectivity index (χ1n) is 3.97. The number of para-hydroxylation sites is 1. The highest BCUT2D eigenvalue weighted by Gasteiger charge is 2.10. The predicted molar refractivity (Wildman–Crippen MR) is 49.0 cm³/mol. The van der Waals surface area contributed by atoms with Crippen molar-refractivity contribution in [1.82, 2.24) is 5.10 Å². The average Bonchev–Trinajstić information content (AvgIpc) is 2.40. The molecule has 0 aliphatic heterocycles. The van der Waals surface area contributed by atoms with Crippen LogP contribution < -0.4 is 10.00 Å².